The summed E-state index contributed by atoms with van der Waals surface area (Å²) in [7, 11) is 0. The lowest BCUT2D eigenvalue weighted by atomic mass is 10.2. The van der Waals surface area contributed by atoms with Crippen molar-refractivity contribution in [3.8, 4) is 0 Å². The van der Waals surface area contributed by atoms with Crippen LogP contribution in [0.4, 0.5) is 5.69 Å². The van der Waals surface area contributed by atoms with Crippen LogP contribution in [0, 0.1) is 0 Å². The molecule has 0 aliphatic carbocycles. The third-order valence-corrected chi connectivity index (χ3v) is 2.70. The molecule has 0 atom stereocenters. The molecule has 6 nitrogen and oxygen atoms in total. The molecule has 104 valence electrons. The highest BCUT2D eigenvalue weighted by Crippen LogP contribution is 2.09. The molecule has 2 N–H and O–H groups in total. The topological polar surface area (TPSA) is 84.2 Å². The second-order valence-corrected chi connectivity index (χ2v) is 4.31. The Bertz CT molecular complexity index is 593. The maximum absolute atomic E-state index is 11.9. The van der Waals surface area contributed by atoms with Crippen molar-refractivity contribution in [3.05, 3.63) is 48.3 Å². The Balaban J connectivity index is 1.89. The molecule has 0 radical (unpaired) electrons. The predicted molar refractivity (Wildman–Crippen MR) is 73.5 cm³/mol. The Morgan fingerprint density at radius 2 is 2.00 bits per heavy atom. The number of aliphatic carboxylic acids is 1. The van der Waals surface area contributed by atoms with E-state index in [9.17, 15) is 9.59 Å². The van der Waals surface area contributed by atoms with Gasteiger partial charge in [0.05, 0.1) is 11.9 Å². The van der Waals surface area contributed by atoms with E-state index in [1.54, 1.807) is 41.3 Å². The third-order valence-electron chi connectivity index (χ3n) is 2.70. The van der Waals surface area contributed by atoms with Crippen molar-refractivity contribution >= 4 is 17.6 Å². The van der Waals surface area contributed by atoms with Crippen molar-refractivity contribution in [2.24, 2.45) is 0 Å². The van der Waals surface area contributed by atoms with E-state index in [1.807, 2.05) is 6.07 Å². The molecule has 0 aliphatic heterocycles. The van der Waals surface area contributed by atoms with Crippen molar-refractivity contribution in [1.29, 1.82) is 0 Å². The molecule has 0 saturated carbocycles. The van der Waals surface area contributed by atoms with Crippen LogP contribution in [0.5, 0.6) is 0 Å². The highest BCUT2D eigenvalue weighted by Gasteiger charge is 2.07. The quantitative estimate of drug-likeness (QED) is 0.843. The summed E-state index contributed by atoms with van der Waals surface area (Å²) in [5.74, 6) is -1.02. The summed E-state index contributed by atoms with van der Waals surface area (Å²) in [5, 5.41) is 15.4. The Kier molecular flexibility index (Phi) is 4.49. The first-order valence-corrected chi connectivity index (χ1v) is 6.26. The average Bonchev–Trinajstić information content (AvgIpc) is 2.87. The third kappa shape index (κ3) is 3.94. The molecule has 2 rings (SSSR count). The van der Waals surface area contributed by atoms with Crippen molar-refractivity contribution in [3.63, 3.8) is 0 Å². The number of nitrogens with one attached hydrogen (secondary N) is 1. The van der Waals surface area contributed by atoms with Crippen LogP contribution in [-0.2, 0) is 11.3 Å². The van der Waals surface area contributed by atoms with Gasteiger partial charge < -0.3 is 10.4 Å². The van der Waals surface area contributed by atoms with Crippen LogP contribution in [-0.4, -0.2) is 26.8 Å². The number of hydrogen-bond acceptors (Lipinski definition) is 3. The molecule has 0 aliphatic rings. The summed E-state index contributed by atoms with van der Waals surface area (Å²) in [4.78, 5) is 22.3. The number of carboxylic acids is 1. The van der Waals surface area contributed by atoms with Gasteiger partial charge in [0, 0.05) is 24.7 Å². The number of anilines is 1. The maximum atomic E-state index is 11.9. The first-order valence-electron chi connectivity index (χ1n) is 6.26. The van der Waals surface area contributed by atoms with E-state index in [-0.39, 0.29) is 12.3 Å². The van der Waals surface area contributed by atoms with Crippen LogP contribution in [0.15, 0.2) is 42.7 Å². The maximum Gasteiger partial charge on any atom is 0.303 e. The van der Waals surface area contributed by atoms with Gasteiger partial charge in [-0.2, -0.15) is 5.10 Å². The molecule has 1 aromatic heterocycles. The number of benzene rings is 1. The summed E-state index contributed by atoms with van der Waals surface area (Å²) in [5.41, 5.74) is 1.17. The zero-order chi connectivity index (χ0) is 14.4. The van der Waals surface area contributed by atoms with E-state index in [1.165, 1.54) is 0 Å². The van der Waals surface area contributed by atoms with Gasteiger partial charge in [-0.25, -0.2) is 0 Å². The molecule has 1 amide bonds. The lowest BCUT2D eigenvalue weighted by Gasteiger charge is -2.02. The minimum Gasteiger partial charge on any atom is -0.481 e. The van der Waals surface area contributed by atoms with Crippen molar-refractivity contribution in [2.45, 2.75) is 19.4 Å². The zero-order valence-electron chi connectivity index (χ0n) is 10.8. The molecule has 0 fully saturated rings. The van der Waals surface area contributed by atoms with Crippen LogP contribution < -0.4 is 5.32 Å². The van der Waals surface area contributed by atoms with Crippen molar-refractivity contribution in [1.82, 2.24) is 9.78 Å². The summed E-state index contributed by atoms with van der Waals surface area (Å²) < 4.78 is 1.61. The summed E-state index contributed by atoms with van der Waals surface area (Å²) in [6.45, 7) is 0.507. The van der Waals surface area contributed by atoms with E-state index >= 15 is 0 Å². The van der Waals surface area contributed by atoms with E-state index in [2.05, 4.69) is 10.4 Å². The van der Waals surface area contributed by atoms with Gasteiger partial charge in [-0.3, -0.25) is 14.3 Å². The standard InChI is InChI=1S/C14H15N3O3/c18-13(19)7-4-8-17-10-12(9-15-17)16-14(20)11-5-2-1-3-6-11/h1-3,5-6,9-10H,4,7-8H2,(H,16,20)(H,18,19). The molecule has 0 bridgehead atoms. The molecule has 1 aromatic carbocycles. The van der Waals surface area contributed by atoms with Crippen LogP contribution >= 0.6 is 0 Å². The van der Waals surface area contributed by atoms with Gasteiger partial charge in [0.25, 0.3) is 5.91 Å². The summed E-state index contributed by atoms with van der Waals surface area (Å²) in [6.07, 6.45) is 3.83. The zero-order valence-corrected chi connectivity index (χ0v) is 10.8. The molecule has 6 heteroatoms. The van der Waals surface area contributed by atoms with Gasteiger partial charge in [0.1, 0.15) is 0 Å². The van der Waals surface area contributed by atoms with Gasteiger partial charge in [0.15, 0.2) is 0 Å². The Morgan fingerprint density at radius 3 is 2.70 bits per heavy atom. The molecule has 0 unspecified atom stereocenters. The van der Waals surface area contributed by atoms with E-state index in [0.29, 0.717) is 24.2 Å². The molecule has 20 heavy (non-hydrogen) atoms. The number of aryl methyl sites for hydroxylation is 1. The Hall–Kier alpha value is -2.63. The molecule has 2 aromatic rings. The van der Waals surface area contributed by atoms with Crippen molar-refractivity contribution < 1.29 is 14.7 Å². The smallest absolute Gasteiger partial charge is 0.303 e. The number of aromatic nitrogens is 2. The van der Waals surface area contributed by atoms with Crippen LogP contribution in [0.1, 0.15) is 23.2 Å². The second-order valence-electron chi connectivity index (χ2n) is 4.31. The van der Waals surface area contributed by atoms with Gasteiger partial charge >= 0.3 is 5.97 Å². The van der Waals surface area contributed by atoms with Gasteiger partial charge in [-0.05, 0) is 18.6 Å². The summed E-state index contributed by atoms with van der Waals surface area (Å²) >= 11 is 0. The number of hydrogen-bond donors (Lipinski definition) is 2. The SMILES string of the molecule is O=C(O)CCCn1cc(NC(=O)c2ccccc2)cn1. The van der Waals surface area contributed by atoms with Crippen LogP contribution in [0.25, 0.3) is 0 Å². The highest BCUT2D eigenvalue weighted by atomic mass is 16.4. The molecule has 0 saturated heterocycles. The lowest BCUT2D eigenvalue weighted by Crippen LogP contribution is -2.11. The largest absolute Gasteiger partial charge is 0.481 e. The fourth-order valence-electron chi connectivity index (χ4n) is 1.74. The predicted octanol–water partition coefficient (Wildman–Crippen LogP) is 2.00. The van der Waals surface area contributed by atoms with Gasteiger partial charge in [-0.1, -0.05) is 18.2 Å². The van der Waals surface area contributed by atoms with Gasteiger partial charge in [0.2, 0.25) is 0 Å². The Labute approximate surface area is 116 Å². The fraction of sp³-hybridized carbons (Fsp3) is 0.214. The number of carbonyl (C=O) groups is 2. The van der Waals surface area contributed by atoms with Gasteiger partial charge in [-0.15, -0.1) is 0 Å². The Morgan fingerprint density at radius 1 is 1.25 bits per heavy atom. The first-order chi connectivity index (χ1) is 9.65. The monoisotopic (exact) mass is 273 g/mol. The van der Waals surface area contributed by atoms with Crippen LogP contribution in [0.3, 0.4) is 0 Å². The fourth-order valence-corrected chi connectivity index (χ4v) is 1.74. The average molecular weight is 273 g/mol. The number of amides is 1. The molecular formula is C14H15N3O3. The minimum absolute atomic E-state index is 0.103. The van der Waals surface area contributed by atoms with E-state index < -0.39 is 5.97 Å². The number of nitrogens with zero attached hydrogens (tertiary/aromatic N) is 2. The molecule has 1 heterocycles. The highest BCUT2D eigenvalue weighted by molar-refractivity contribution is 6.04. The lowest BCUT2D eigenvalue weighted by molar-refractivity contribution is -0.137. The van der Waals surface area contributed by atoms with Crippen LogP contribution in [0.2, 0.25) is 0 Å². The first kappa shape index (κ1) is 13.8. The minimum atomic E-state index is -0.824. The van der Waals surface area contributed by atoms with E-state index in [0.717, 1.165) is 0 Å². The normalized spacial score (nSPS) is 10.2. The van der Waals surface area contributed by atoms with Crippen molar-refractivity contribution in [2.75, 3.05) is 5.32 Å². The second kappa shape index (κ2) is 6.51. The number of carboxylic acid groups (broad SMARTS) is 1. The number of carbonyl (C=O) groups excluding carboxylic acids is 1. The van der Waals surface area contributed by atoms with E-state index in [4.69, 9.17) is 5.11 Å². The molecular weight excluding hydrogens is 258 g/mol. The summed E-state index contributed by atoms with van der Waals surface area (Å²) in [6, 6.07) is 8.89. The molecule has 0 spiro atoms. The number of rotatable bonds is 6.